The van der Waals surface area contributed by atoms with Gasteiger partial charge in [-0.05, 0) is 32.1 Å². The number of carboxylic acids is 2. The molecule has 0 saturated heterocycles. The van der Waals surface area contributed by atoms with Crippen LogP contribution in [0.25, 0.3) is 0 Å². The lowest BCUT2D eigenvalue weighted by atomic mass is 10.0. The number of aliphatic imine (C=N–C) groups is 1. The summed E-state index contributed by atoms with van der Waals surface area (Å²) in [6.45, 7) is 0.332. The van der Waals surface area contributed by atoms with E-state index in [1.165, 1.54) is 57.8 Å². The molecule has 0 fully saturated rings. The van der Waals surface area contributed by atoms with E-state index in [0.29, 0.717) is 32.1 Å². The van der Waals surface area contributed by atoms with Crippen molar-refractivity contribution < 1.29 is 34.2 Å². The van der Waals surface area contributed by atoms with Crippen molar-refractivity contribution in [3.8, 4) is 0 Å². The van der Waals surface area contributed by atoms with Gasteiger partial charge in [-0.1, -0.05) is 89.9 Å². The number of aldehydes is 1. The fourth-order valence-corrected chi connectivity index (χ4v) is 4.81. The minimum absolute atomic E-state index is 0.0470. The van der Waals surface area contributed by atoms with Gasteiger partial charge in [0.2, 0.25) is 11.8 Å². The topological polar surface area (TPSA) is 214 Å². The van der Waals surface area contributed by atoms with Crippen LogP contribution < -0.4 is 22.1 Å². The summed E-state index contributed by atoms with van der Waals surface area (Å²) in [5.74, 6) is -2.74. The Morgan fingerprint density at radius 1 is 0.605 bits per heavy atom. The van der Waals surface area contributed by atoms with Gasteiger partial charge in [-0.15, -0.1) is 0 Å². The molecule has 0 heterocycles. The number of unbranched alkanes of at least 4 members (excludes halogenated alkanes) is 15. The van der Waals surface area contributed by atoms with Crippen LogP contribution >= 0.6 is 0 Å². The summed E-state index contributed by atoms with van der Waals surface area (Å²) in [4.78, 5) is 61.4. The van der Waals surface area contributed by atoms with E-state index in [1.54, 1.807) is 0 Å². The summed E-state index contributed by atoms with van der Waals surface area (Å²) in [5.41, 5.74) is 10.5. The van der Waals surface area contributed by atoms with Gasteiger partial charge < -0.3 is 37.1 Å². The molecule has 0 aliphatic heterocycles. The van der Waals surface area contributed by atoms with Gasteiger partial charge in [0.05, 0.1) is 6.04 Å². The molecule has 0 aliphatic carbocycles. The van der Waals surface area contributed by atoms with Crippen LogP contribution in [0.5, 0.6) is 0 Å². The molecular formula is C31H57N5O7. The van der Waals surface area contributed by atoms with E-state index < -0.39 is 29.9 Å². The van der Waals surface area contributed by atoms with Gasteiger partial charge in [-0.2, -0.15) is 0 Å². The van der Waals surface area contributed by atoms with Gasteiger partial charge in [-0.3, -0.25) is 19.4 Å². The number of hydrogen-bond donors (Lipinski definition) is 6. The highest BCUT2D eigenvalue weighted by atomic mass is 16.4. The summed E-state index contributed by atoms with van der Waals surface area (Å²) in [7, 11) is 0. The Labute approximate surface area is 257 Å². The lowest BCUT2D eigenvalue weighted by Crippen LogP contribution is -2.42. The van der Waals surface area contributed by atoms with Gasteiger partial charge >= 0.3 is 11.9 Å². The molecule has 0 radical (unpaired) electrons. The fourth-order valence-electron chi connectivity index (χ4n) is 4.81. The molecule has 0 aromatic rings. The number of aliphatic carboxylic acids is 2. The maximum Gasteiger partial charge on any atom is 0.326 e. The maximum atomic E-state index is 12.2. The number of nitrogens with zero attached hydrogens (tertiary/aromatic N) is 1. The molecule has 43 heavy (non-hydrogen) atoms. The number of carbonyl (C=O) groups excluding carboxylic acids is 3. The molecule has 8 N–H and O–H groups in total. The molecule has 0 rings (SSSR count). The maximum absolute atomic E-state index is 12.2. The van der Waals surface area contributed by atoms with Crippen molar-refractivity contribution >= 4 is 36.0 Å². The Morgan fingerprint density at radius 3 is 1.47 bits per heavy atom. The largest absolute Gasteiger partial charge is 0.481 e. The van der Waals surface area contributed by atoms with Crippen molar-refractivity contribution in [2.24, 2.45) is 16.5 Å². The SMILES string of the molecule is NC(N)=NCCC[C@@H](C=O)NC(=O)CC[C@H](NC(=O)CCCCCCCCCCCCCCCCCCC(=O)O)C(=O)O. The Balaban J connectivity index is 3.78. The average molecular weight is 612 g/mol. The normalized spacial score (nSPS) is 12.2. The van der Waals surface area contributed by atoms with Crippen molar-refractivity contribution in [2.75, 3.05) is 6.54 Å². The molecule has 0 unspecified atom stereocenters. The van der Waals surface area contributed by atoms with Crippen molar-refractivity contribution in [1.82, 2.24) is 10.6 Å². The van der Waals surface area contributed by atoms with E-state index in [2.05, 4.69) is 15.6 Å². The molecule has 2 amide bonds. The van der Waals surface area contributed by atoms with Gasteiger partial charge in [0.25, 0.3) is 0 Å². The molecule has 0 aromatic carbocycles. The highest BCUT2D eigenvalue weighted by Crippen LogP contribution is 2.14. The quantitative estimate of drug-likeness (QED) is 0.0297. The van der Waals surface area contributed by atoms with Crippen LogP contribution in [0.1, 0.15) is 141 Å². The van der Waals surface area contributed by atoms with Crippen molar-refractivity contribution in [2.45, 2.75) is 153 Å². The van der Waals surface area contributed by atoms with Crippen LogP contribution in [0, 0.1) is 0 Å². The Kier molecular flexibility index (Phi) is 25.6. The Bertz CT molecular complexity index is 818. The van der Waals surface area contributed by atoms with Gasteiger partial charge in [0, 0.05) is 25.8 Å². The molecule has 12 heteroatoms. The van der Waals surface area contributed by atoms with E-state index in [-0.39, 0.29) is 37.6 Å². The molecule has 0 bridgehead atoms. The first-order chi connectivity index (χ1) is 20.6. The molecule has 0 saturated carbocycles. The summed E-state index contributed by atoms with van der Waals surface area (Å²) in [6.07, 6.45) is 19.7. The summed E-state index contributed by atoms with van der Waals surface area (Å²) < 4.78 is 0. The zero-order valence-electron chi connectivity index (χ0n) is 26.0. The average Bonchev–Trinajstić information content (AvgIpc) is 2.95. The zero-order valence-corrected chi connectivity index (χ0v) is 26.0. The first-order valence-corrected chi connectivity index (χ1v) is 16.2. The highest BCUT2D eigenvalue weighted by Gasteiger charge is 2.21. The predicted molar refractivity (Wildman–Crippen MR) is 167 cm³/mol. The molecule has 12 nitrogen and oxygen atoms in total. The fraction of sp³-hybridized carbons (Fsp3) is 0.806. The molecule has 0 aromatic heterocycles. The number of carbonyl (C=O) groups is 5. The first kappa shape index (κ1) is 39.8. The standard InChI is InChI=1S/C31H57N5O7/c32-31(33)34-23-17-18-25(24-37)35-28(39)22-21-26(30(42)43)36-27(38)19-15-13-11-9-7-5-3-1-2-4-6-8-10-12-14-16-20-29(40)41/h24-26H,1-23H2,(H,35,39)(H,36,38)(H,40,41)(H,42,43)(H4,32,33,34)/t25-,26-/m0/s1. The lowest BCUT2D eigenvalue weighted by Gasteiger charge is -2.16. The minimum Gasteiger partial charge on any atom is -0.481 e. The van der Waals surface area contributed by atoms with Crippen LogP contribution in [0.4, 0.5) is 0 Å². The number of amides is 2. The molecular weight excluding hydrogens is 554 g/mol. The molecule has 0 spiro atoms. The van der Waals surface area contributed by atoms with Crippen molar-refractivity contribution in [3.05, 3.63) is 0 Å². The second kappa shape index (κ2) is 27.6. The van der Waals surface area contributed by atoms with Gasteiger partial charge in [-0.25, -0.2) is 4.79 Å². The summed E-state index contributed by atoms with van der Waals surface area (Å²) in [6, 6.07) is -1.87. The monoisotopic (exact) mass is 611 g/mol. The number of guanidine groups is 1. The van der Waals surface area contributed by atoms with Gasteiger partial charge in [0.15, 0.2) is 5.96 Å². The number of hydrogen-bond acceptors (Lipinski definition) is 6. The van der Waals surface area contributed by atoms with E-state index >= 15 is 0 Å². The van der Waals surface area contributed by atoms with Crippen LogP contribution in [-0.2, 0) is 24.0 Å². The lowest BCUT2D eigenvalue weighted by molar-refractivity contribution is -0.142. The third-order valence-corrected chi connectivity index (χ3v) is 7.32. The minimum atomic E-state index is -1.20. The highest BCUT2D eigenvalue weighted by molar-refractivity contribution is 5.85. The Hall–Kier alpha value is -3.18. The van der Waals surface area contributed by atoms with Crippen LogP contribution in [0.2, 0.25) is 0 Å². The van der Waals surface area contributed by atoms with Crippen LogP contribution in [-0.4, -0.2) is 64.8 Å². The van der Waals surface area contributed by atoms with Crippen LogP contribution in [0.15, 0.2) is 4.99 Å². The van der Waals surface area contributed by atoms with Crippen molar-refractivity contribution in [1.29, 1.82) is 0 Å². The molecule has 2 atom stereocenters. The zero-order chi connectivity index (χ0) is 32.1. The molecule has 248 valence electrons. The second-order valence-corrected chi connectivity index (χ2v) is 11.3. The first-order valence-electron chi connectivity index (χ1n) is 16.2. The second-order valence-electron chi connectivity index (χ2n) is 11.3. The Morgan fingerprint density at radius 2 is 1.05 bits per heavy atom. The smallest absolute Gasteiger partial charge is 0.326 e. The van der Waals surface area contributed by atoms with Crippen molar-refractivity contribution in [3.63, 3.8) is 0 Å². The summed E-state index contributed by atoms with van der Waals surface area (Å²) in [5, 5.41) is 23.1. The van der Waals surface area contributed by atoms with Crippen LogP contribution in [0.3, 0.4) is 0 Å². The number of nitrogens with two attached hydrogens (primary N) is 2. The van der Waals surface area contributed by atoms with Gasteiger partial charge in [0.1, 0.15) is 12.3 Å². The predicted octanol–water partition coefficient (Wildman–Crippen LogP) is 4.18. The number of carboxylic acid groups (broad SMARTS) is 2. The third-order valence-electron chi connectivity index (χ3n) is 7.32. The van der Waals surface area contributed by atoms with E-state index in [1.807, 2.05) is 0 Å². The molecule has 0 aliphatic rings. The third kappa shape index (κ3) is 27.4. The van der Waals surface area contributed by atoms with E-state index in [9.17, 15) is 29.1 Å². The summed E-state index contributed by atoms with van der Waals surface area (Å²) >= 11 is 0. The number of nitrogens with one attached hydrogen (secondary N) is 2. The van der Waals surface area contributed by atoms with E-state index in [0.717, 1.165) is 38.5 Å². The van der Waals surface area contributed by atoms with E-state index in [4.69, 9.17) is 16.6 Å². The number of rotatable bonds is 30.